The fourth-order valence-electron chi connectivity index (χ4n) is 0.393. The Bertz CT molecular complexity index is 297. The average Bonchev–Trinajstić information content (AvgIpc) is 2.37. The minimum atomic E-state index is -0.984. The Balaban J connectivity index is 2.73. The van der Waals surface area contributed by atoms with E-state index in [1.54, 1.807) is 0 Å². The summed E-state index contributed by atoms with van der Waals surface area (Å²) in [5.74, 6) is -0.729. The molecule has 12 heavy (non-hydrogen) atoms. The van der Waals surface area contributed by atoms with Gasteiger partial charge >= 0.3 is 0 Å². The summed E-state index contributed by atoms with van der Waals surface area (Å²) >= 11 is 0. The van der Waals surface area contributed by atoms with Crippen molar-refractivity contribution in [1.82, 2.24) is 0 Å². The number of nitrogens with two attached hydrogens (primary N) is 1. The topological polar surface area (TPSA) is 143 Å². The zero-order chi connectivity index (χ0) is 8.97. The van der Waals surface area contributed by atoms with Crippen LogP contribution >= 0.6 is 0 Å². The quantitative estimate of drug-likeness (QED) is 0.249. The van der Waals surface area contributed by atoms with Crippen LogP contribution in [0.4, 0.5) is 0 Å². The Hall–Kier alpha value is -2.26. The zero-order valence-corrected chi connectivity index (χ0v) is 5.52. The van der Waals surface area contributed by atoms with Crippen LogP contribution in [0.25, 0.3) is 0 Å². The molecule has 0 bridgehead atoms. The first kappa shape index (κ1) is 7.84. The summed E-state index contributed by atoms with van der Waals surface area (Å²) in [5.41, 5.74) is 4.97. The van der Waals surface area contributed by atoms with Gasteiger partial charge in [-0.25, -0.2) is 10.1 Å². The third-order valence-corrected chi connectivity index (χ3v) is 0.707. The zero-order valence-electron chi connectivity index (χ0n) is 5.52. The highest BCUT2D eigenvalue weighted by atomic mass is 16.7. The van der Waals surface area contributed by atoms with Gasteiger partial charge in [0.25, 0.3) is 11.9 Å². The van der Waals surface area contributed by atoms with Gasteiger partial charge in [-0.05, 0) is 10.4 Å². The smallest absolute Gasteiger partial charge is 0.295 e. The highest BCUT2D eigenvalue weighted by molar-refractivity contribution is 5.94. The van der Waals surface area contributed by atoms with E-state index in [0.717, 1.165) is 0 Å². The Kier molecular flexibility index (Phi) is 2.11. The van der Waals surface area contributed by atoms with Crippen LogP contribution in [0.3, 0.4) is 0 Å². The average molecular weight is 170 g/mol. The van der Waals surface area contributed by atoms with Crippen LogP contribution in [0.1, 0.15) is 0 Å². The highest BCUT2D eigenvalue weighted by Crippen LogP contribution is 1.96. The highest BCUT2D eigenvalue weighted by Gasteiger charge is 2.03. The van der Waals surface area contributed by atoms with Crippen LogP contribution in [0, 0.1) is 10.1 Å². The molecule has 0 radical (unpaired) electrons. The Morgan fingerprint density at radius 3 is 2.58 bits per heavy atom. The summed E-state index contributed by atoms with van der Waals surface area (Å²) in [6.07, 6.45) is 0. The molecule has 0 aromatic carbocycles. The molecule has 1 heterocycles. The third kappa shape index (κ3) is 2.17. The van der Waals surface area contributed by atoms with Crippen LogP contribution < -0.4 is 5.73 Å². The van der Waals surface area contributed by atoms with E-state index in [4.69, 9.17) is 5.73 Å². The molecule has 2 N–H and O–H groups in total. The summed E-state index contributed by atoms with van der Waals surface area (Å²) in [6.45, 7) is 0. The molecule has 0 fully saturated rings. The maximum Gasteiger partial charge on any atom is 0.295 e. The van der Waals surface area contributed by atoms with Crippen molar-refractivity contribution in [3.8, 4) is 0 Å². The van der Waals surface area contributed by atoms with E-state index in [-0.39, 0.29) is 5.96 Å². The fraction of sp³-hybridized carbons (Fsp3) is 0. The number of rotatable bonds is 1. The van der Waals surface area contributed by atoms with Crippen molar-refractivity contribution in [3.05, 3.63) is 10.1 Å². The van der Waals surface area contributed by atoms with Crippen molar-refractivity contribution in [2.24, 2.45) is 36.5 Å². The summed E-state index contributed by atoms with van der Waals surface area (Å²) < 4.78 is 0. The van der Waals surface area contributed by atoms with Crippen LogP contribution in [-0.2, 0) is 0 Å². The van der Waals surface area contributed by atoms with Gasteiger partial charge in [-0.3, -0.25) is 0 Å². The van der Waals surface area contributed by atoms with Crippen molar-refractivity contribution in [2.45, 2.75) is 0 Å². The van der Waals surface area contributed by atoms with Crippen LogP contribution in [0.2, 0.25) is 0 Å². The van der Waals surface area contributed by atoms with E-state index in [2.05, 4.69) is 30.8 Å². The molecule has 0 saturated heterocycles. The van der Waals surface area contributed by atoms with Crippen molar-refractivity contribution in [1.29, 1.82) is 0 Å². The number of guanidine groups is 2. The second-order valence-electron chi connectivity index (χ2n) is 1.49. The molecule has 1 aliphatic rings. The predicted molar refractivity (Wildman–Crippen MR) is 35.8 cm³/mol. The molecule has 1 rings (SSSR count). The molecule has 0 unspecified atom stereocenters. The van der Waals surface area contributed by atoms with E-state index in [9.17, 15) is 10.1 Å². The van der Waals surface area contributed by atoms with E-state index in [1.807, 2.05) is 0 Å². The minimum Gasteiger partial charge on any atom is -0.363 e. The summed E-state index contributed by atoms with van der Waals surface area (Å²) in [6, 6.07) is 0. The van der Waals surface area contributed by atoms with Crippen molar-refractivity contribution in [2.75, 3.05) is 0 Å². The van der Waals surface area contributed by atoms with Crippen LogP contribution in [-0.4, -0.2) is 17.0 Å². The molecule has 62 valence electrons. The Morgan fingerprint density at radius 1 is 1.50 bits per heavy atom. The minimum absolute atomic E-state index is 0.168. The summed E-state index contributed by atoms with van der Waals surface area (Å²) in [7, 11) is 0. The van der Waals surface area contributed by atoms with Gasteiger partial charge in [-0.2, -0.15) is 4.99 Å². The number of nitro groups is 1. The number of aliphatic imine (C=N–C) groups is 1. The largest absolute Gasteiger partial charge is 0.363 e. The number of hydrazone groups is 1. The molecule has 1 aliphatic heterocycles. The van der Waals surface area contributed by atoms with Gasteiger partial charge in [0.1, 0.15) is 5.10 Å². The lowest BCUT2D eigenvalue weighted by Gasteiger charge is -1.82. The number of hydrogen-bond acceptors (Lipinski definition) is 4. The molecule has 0 atom stereocenters. The number of nitrogens with zero attached hydrogens (tertiary/aromatic N) is 7. The molecule has 10 nitrogen and oxygen atoms in total. The molecule has 0 aromatic heterocycles. The van der Waals surface area contributed by atoms with Crippen LogP contribution in [0.15, 0.2) is 30.8 Å². The maximum absolute atomic E-state index is 9.74. The second-order valence-corrected chi connectivity index (χ2v) is 1.49. The fourth-order valence-corrected chi connectivity index (χ4v) is 0.393. The Labute approximate surface area is 64.7 Å². The summed E-state index contributed by atoms with van der Waals surface area (Å²) in [5, 5.41) is 24.0. The van der Waals surface area contributed by atoms with Gasteiger partial charge in [0, 0.05) is 0 Å². The third-order valence-electron chi connectivity index (χ3n) is 0.707. The molecular formula is C2H2N8O2. The Morgan fingerprint density at radius 2 is 2.08 bits per heavy atom. The molecule has 10 heteroatoms. The van der Waals surface area contributed by atoms with E-state index in [1.165, 1.54) is 0 Å². The van der Waals surface area contributed by atoms with Gasteiger partial charge < -0.3 is 5.73 Å². The van der Waals surface area contributed by atoms with Crippen molar-refractivity contribution in [3.63, 3.8) is 0 Å². The van der Waals surface area contributed by atoms with Gasteiger partial charge in [-0.1, -0.05) is 10.2 Å². The molecule has 0 saturated carbocycles. The molecule has 0 aliphatic carbocycles. The van der Waals surface area contributed by atoms with Crippen molar-refractivity contribution >= 4 is 11.9 Å². The maximum atomic E-state index is 9.74. The van der Waals surface area contributed by atoms with E-state index >= 15 is 0 Å². The van der Waals surface area contributed by atoms with Crippen molar-refractivity contribution < 1.29 is 5.03 Å². The van der Waals surface area contributed by atoms with Crippen LogP contribution in [0.5, 0.6) is 0 Å². The molecule has 0 spiro atoms. The van der Waals surface area contributed by atoms with Gasteiger partial charge in [0.2, 0.25) is 0 Å². The van der Waals surface area contributed by atoms with E-state index < -0.39 is 11.0 Å². The summed E-state index contributed by atoms with van der Waals surface area (Å²) in [4.78, 5) is 13.0. The standard InChI is InChI=1S/C2H2N8O2/c3-1(7-10(11)12)4-2-5-8-9-6-2/h(H2,3,7). The lowest BCUT2D eigenvalue weighted by atomic mass is 10.9. The second kappa shape index (κ2) is 3.23. The van der Waals surface area contributed by atoms with Gasteiger partial charge in [0.05, 0.1) is 0 Å². The molecule has 0 aromatic rings. The molecule has 0 amide bonds. The van der Waals surface area contributed by atoms with E-state index in [0.29, 0.717) is 0 Å². The SMILES string of the molecule is NC(=N[N+](=O)[O-])N=C1N=NN=N1. The van der Waals surface area contributed by atoms with Gasteiger partial charge in [-0.15, -0.1) is 0 Å². The molecular weight excluding hydrogens is 168 g/mol. The first-order valence-corrected chi connectivity index (χ1v) is 2.57. The lowest BCUT2D eigenvalue weighted by molar-refractivity contribution is -0.485. The first-order valence-electron chi connectivity index (χ1n) is 2.57. The van der Waals surface area contributed by atoms with Gasteiger partial charge in [0.15, 0.2) is 5.03 Å². The first-order chi connectivity index (χ1) is 5.68. The number of hydrogen-bond donors (Lipinski definition) is 1. The monoisotopic (exact) mass is 170 g/mol. The normalized spacial score (nSPS) is 15.3. The predicted octanol–water partition coefficient (Wildman–Crippen LogP) is -0.318. The lowest BCUT2D eigenvalue weighted by Crippen LogP contribution is -2.12.